The van der Waals surface area contributed by atoms with E-state index in [1.807, 2.05) is 30.3 Å². The van der Waals surface area contributed by atoms with Crippen molar-refractivity contribution in [2.45, 2.75) is 65.5 Å². The van der Waals surface area contributed by atoms with Crippen molar-refractivity contribution in [2.24, 2.45) is 5.92 Å². The van der Waals surface area contributed by atoms with E-state index in [1.54, 1.807) is 0 Å². The Bertz CT molecular complexity index is 397. The van der Waals surface area contributed by atoms with Crippen LogP contribution < -0.4 is 5.32 Å². The Kier molecular flexibility index (Phi) is 8.56. The normalized spacial score (nSPS) is 20.9. The highest BCUT2D eigenvalue weighted by Gasteiger charge is 2.21. The summed E-state index contributed by atoms with van der Waals surface area (Å²) in [6, 6.07) is 9.87. The van der Waals surface area contributed by atoms with Gasteiger partial charge >= 0.3 is 6.09 Å². The molecule has 0 aliphatic heterocycles. The van der Waals surface area contributed by atoms with Gasteiger partial charge in [-0.2, -0.15) is 0 Å². The summed E-state index contributed by atoms with van der Waals surface area (Å²) in [6.07, 6.45) is 5.48. The van der Waals surface area contributed by atoms with Crippen LogP contribution in [-0.2, 0) is 11.3 Å². The SMILES string of the molecule is CCC.C[C@@H]1CCC[C@H](OC(=O)NCc2ccccc2)C1.[HH]. The molecule has 1 saturated carbocycles. The summed E-state index contributed by atoms with van der Waals surface area (Å²) < 4.78 is 5.43. The number of alkyl carbamates (subject to hydrolysis) is 1. The van der Waals surface area contributed by atoms with E-state index in [9.17, 15) is 4.79 Å². The van der Waals surface area contributed by atoms with Crippen LogP contribution in [0.3, 0.4) is 0 Å². The van der Waals surface area contributed by atoms with Crippen LogP contribution in [0.1, 0.15) is 59.9 Å². The van der Waals surface area contributed by atoms with Crippen LogP contribution in [0.4, 0.5) is 4.79 Å². The summed E-state index contributed by atoms with van der Waals surface area (Å²) in [6.45, 7) is 7.00. The van der Waals surface area contributed by atoms with Crippen LogP contribution >= 0.6 is 0 Å². The van der Waals surface area contributed by atoms with Crippen molar-refractivity contribution in [3.8, 4) is 0 Å². The van der Waals surface area contributed by atoms with Gasteiger partial charge in [0, 0.05) is 7.97 Å². The van der Waals surface area contributed by atoms with Crippen molar-refractivity contribution in [2.75, 3.05) is 0 Å². The van der Waals surface area contributed by atoms with Gasteiger partial charge in [0.05, 0.1) is 0 Å². The Morgan fingerprint density at radius 1 is 1.29 bits per heavy atom. The maximum Gasteiger partial charge on any atom is 0.407 e. The van der Waals surface area contributed by atoms with Gasteiger partial charge in [0.1, 0.15) is 6.10 Å². The molecule has 1 amide bonds. The Labute approximate surface area is 130 Å². The molecule has 1 aliphatic rings. The van der Waals surface area contributed by atoms with Gasteiger partial charge in [0.15, 0.2) is 0 Å². The number of ether oxygens (including phenoxy) is 1. The van der Waals surface area contributed by atoms with Crippen LogP contribution in [-0.4, -0.2) is 12.2 Å². The second kappa shape index (κ2) is 10.3. The zero-order valence-electron chi connectivity index (χ0n) is 13.6. The van der Waals surface area contributed by atoms with E-state index in [-0.39, 0.29) is 13.6 Å². The second-order valence-corrected chi connectivity index (χ2v) is 5.85. The molecule has 3 heteroatoms. The average Bonchev–Trinajstić information content (AvgIpc) is 2.47. The van der Waals surface area contributed by atoms with E-state index in [1.165, 1.54) is 12.8 Å². The lowest BCUT2D eigenvalue weighted by Gasteiger charge is -2.26. The van der Waals surface area contributed by atoms with E-state index in [4.69, 9.17) is 4.74 Å². The van der Waals surface area contributed by atoms with Crippen LogP contribution in [0.5, 0.6) is 0 Å². The number of amides is 1. The number of carbonyl (C=O) groups is 1. The fraction of sp³-hybridized carbons (Fsp3) is 0.611. The second-order valence-electron chi connectivity index (χ2n) is 5.85. The lowest BCUT2D eigenvalue weighted by Crippen LogP contribution is -2.31. The van der Waals surface area contributed by atoms with E-state index in [0.29, 0.717) is 12.5 Å². The molecule has 120 valence electrons. The highest BCUT2D eigenvalue weighted by atomic mass is 16.6. The fourth-order valence-electron chi connectivity index (χ4n) is 2.45. The molecule has 0 unspecified atom stereocenters. The minimum atomic E-state index is -0.294. The van der Waals surface area contributed by atoms with Crippen LogP contribution in [0.15, 0.2) is 30.3 Å². The molecule has 2 rings (SSSR count). The van der Waals surface area contributed by atoms with Crippen molar-refractivity contribution in [3.63, 3.8) is 0 Å². The third-order valence-corrected chi connectivity index (χ3v) is 3.44. The minimum absolute atomic E-state index is 0. The summed E-state index contributed by atoms with van der Waals surface area (Å²) in [5.41, 5.74) is 1.09. The Morgan fingerprint density at radius 2 is 1.95 bits per heavy atom. The predicted molar refractivity (Wildman–Crippen MR) is 89.3 cm³/mol. The van der Waals surface area contributed by atoms with E-state index in [2.05, 4.69) is 26.1 Å². The highest BCUT2D eigenvalue weighted by molar-refractivity contribution is 5.67. The first kappa shape index (κ1) is 17.5. The summed E-state index contributed by atoms with van der Waals surface area (Å²) in [5.74, 6) is 0.672. The molecular weight excluding hydrogens is 262 g/mol. The number of benzene rings is 1. The largest absolute Gasteiger partial charge is 0.446 e. The predicted octanol–water partition coefficient (Wildman–Crippen LogP) is 5.15. The minimum Gasteiger partial charge on any atom is -0.446 e. The molecule has 1 aromatic rings. The molecule has 2 atom stereocenters. The molecule has 1 aromatic carbocycles. The first-order valence-electron chi connectivity index (χ1n) is 8.14. The molecule has 0 heterocycles. The fourth-order valence-corrected chi connectivity index (χ4v) is 2.45. The highest BCUT2D eigenvalue weighted by Crippen LogP contribution is 2.25. The van der Waals surface area contributed by atoms with E-state index in [0.717, 1.165) is 24.8 Å². The quantitative estimate of drug-likeness (QED) is 0.836. The third-order valence-electron chi connectivity index (χ3n) is 3.44. The zero-order valence-corrected chi connectivity index (χ0v) is 13.6. The van der Waals surface area contributed by atoms with Crippen LogP contribution in [0.2, 0.25) is 0 Å². The summed E-state index contributed by atoms with van der Waals surface area (Å²) in [4.78, 5) is 11.7. The van der Waals surface area contributed by atoms with E-state index < -0.39 is 0 Å². The van der Waals surface area contributed by atoms with Crippen molar-refractivity contribution in [1.29, 1.82) is 0 Å². The molecule has 0 radical (unpaired) electrons. The molecule has 0 bridgehead atoms. The van der Waals surface area contributed by atoms with Gasteiger partial charge in [-0.1, -0.05) is 63.9 Å². The van der Waals surface area contributed by atoms with Crippen molar-refractivity contribution in [1.82, 2.24) is 5.32 Å². The Balaban J connectivity index is 0.00000102. The Morgan fingerprint density at radius 3 is 2.57 bits per heavy atom. The standard InChI is InChI=1S/C15H21NO2.C3H8.H2/c1-12-6-5-9-14(10-12)18-15(17)16-11-13-7-3-2-4-8-13;1-3-2;/h2-4,7-8,12,14H,5-6,9-11H2,1H3,(H,16,17);3H2,1-2H3;1H/t12-,14+;;/m1../s1. The van der Waals surface area contributed by atoms with Gasteiger partial charge in [-0.3, -0.25) is 0 Å². The van der Waals surface area contributed by atoms with Crippen LogP contribution in [0, 0.1) is 5.92 Å². The van der Waals surface area contributed by atoms with Crippen molar-refractivity contribution in [3.05, 3.63) is 35.9 Å². The zero-order chi connectivity index (χ0) is 15.5. The molecule has 0 aromatic heterocycles. The monoisotopic (exact) mass is 293 g/mol. The smallest absolute Gasteiger partial charge is 0.407 e. The first-order valence-corrected chi connectivity index (χ1v) is 8.14. The lowest BCUT2D eigenvalue weighted by atomic mass is 9.89. The van der Waals surface area contributed by atoms with Gasteiger partial charge in [0.2, 0.25) is 0 Å². The topological polar surface area (TPSA) is 38.3 Å². The summed E-state index contributed by atoms with van der Waals surface area (Å²) in [5, 5.41) is 2.80. The number of hydrogen-bond donors (Lipinski definition) is 1. The molecule has 1 N–H and O–H groups in total. The number of hydrogen-bond acceptors (Lipinski definition) is 2. The van der Waals surface area contributed by atoms with Crippen LogP contribution in [0.25, 0.3) is 0 Å². The average molecular weight is 293 g/mol. The van der Waals surface area contributed by atoms with Gasteiger partial charge in [-0.15, -0.1) is 0 Å². The number of carbonyl (C=O) groups excluding carboxylic acids is 1. The molecular formula is C18H31NO2. The number of nitrogens with one attached hydrogen (secondary N) is 1. The lowest BCUT2D eigenvalue weighted by molar-refractivity contribution is 0.0621. The summed E-state index contributed by atoms with van der Waals surface area (Å²) in [7, 11) is 0. The van der Waals surface area contributed by atoms with Gasteiger partial charge < -0.3 is 10.1 Å². The maximum atomic E-state index is 11.7. The van der Waals surface area contributed by atoms with Crippen molar-refractivity contribution >= 4 is 6.09 Å². The molecule has 0 spiro atoms. The van der Waals surface area contributed by atoms with Gasteiger partial charge in [-0.05, 0) is 30.7 Å². The molecule has 1 aliphatic carbocycles. The Hall–Kier alpha value is -1.51. The molecule has 0 saturated heterocycles. The maximum absolute atomic E-state index is 11.7. The third kappa shape index (κ3) is 7.74. The van der Waals surface area contributed by atoms with Gasteiger partial charge in [0.25, 0.3) is 0 Å². The van der Waals surface area contributed by atoms with Crippen molar-refractivity contribution < 1.29 is 11.0 Å². The first-order chi connectivity index (χ1) is 10.2. The molecule has 1 fully saturated rings. The molecule has 21 heavy (non-hydrogen) atoms. The number of rotatable bonds is 3. The van der Waals surface area contributed by atoms with Gasteiger partial charge in [-0.25, -0.2) is 4.79 Å². The van der Waals surface area contributed by atoms with E-state index >= 15 is 0 Å². The molecule has 3 nitrogen and oxygen atoms in total. The summed E-state index contributed by atoms with van der Waals surface area (Å²) >= 11 is 0.